The van der Waals surface area contributed by atoms with Crippen LogP contribution in [0.1, 0.15) is 51.8 Å². The molecule has 102 valence electrons. The fourth-order valence-electron chi connectivity index (χ4n) is 3.16. The first-order valence-corrected chi connectivity index (χ1v) is 7.08. The molecule has 0 bridgehead atoms. The third kappa shape index (κ3) is 2.91. The van der Waals surface area contributed by atoms with Crippen LogP contribution in [0, 0.1) is 11.3 Å². The lowest BCUT2D eigenvalue weighted by Crippen LogP contribution is -2.35. The van der Waals surface area contributed by atoms with Gasteiger partial charge in [-0.15, -0.1) is 0 Å². The van der Waals surface area contributed by atoms with Gasteiger partial charge >= 0.3 is 0 Å². The van der Waals surface area contributed by atoms with Crippen LogP contribution in [0.15, 0.2) is 6.33 Å². The molecule has 1 aliphatic carbocycles. The summed E-state index contributed by atoms with van der Waals surface area (Å²) in [5.41, 5.74) is 0.430. The van der Waals surface area contributed by atoms with Gasteiger partial charge in [0.1, 0.15) is 12.2 Å². The van der Waals surface area contributed by atoms with Gasteiger partial charge in [0, 0.05) is 13.0 Å². The highest BCUT2D eigenvalue weighted by molar-refractivity contribution is 5.03. The predicted molar refractivity (Wildman–Crippen MR) is 73.4 cm³/mol. The SMILES string of the molecule is CCNCC1CCC(C)(C)CC1c1ncnn1C. The normalized spacial score (nSPS) is 27.3. The summed E-state index contributed by atoms with van der Waals surface area (Å²) in [5, 5.41) is 7.74. The van der Waals surface area contributed by atoms with Crippen LogP contribution in [-0.2, 0) is 7.05 Å². The van der Waals surface area contributed by atoms with E-state index in [1.807, 2.05) is 11.7 Å². The number of rotatable bonds is 4. The highest BCUT2D eigenvalue weighted by atomic mass is 15.3. The van der Waals surface area contributed by atoms with Gasteiger partial charge < -0.3 is 5.32 Å². The predicted octanol–water partition coefficient (Wildman–Crippen LogP) is 2.33. The van der Waals surface area contributed by atoms with E-state index < -0.39 is 0 Å². The van der Waals surface area contributed by atoms with Crippen LogP contribution in [0.25, 0.3) is 0 Å². The van der Waals surface area contributed by atoms with Gasteiger partial charge in [-0.1, -0.05) is 20.8 Å². The minimum absolute atomic E-state index is 0.430. The second-order valence-corrected chi connectivity index (χ2v) is 6.32. The number of aromatic nitrogens is 3. The van der Waals surface area contributed by atoms with E-state index in [1.165, 1.54) is 19.3 Å². The fourth-order valence-corrected chi connectivity index (χ4v) is 3.16. The first-order chi connectivity index (χ1) is 8.53. The zero-order valence-corrected chi connectivity index (χ0v) is 12.1. The molecule has 0 amide bonds. The van der Waals surface area contributed by atoms with E-state index in [-0.39, 0.29) is 0 Å². The molecule has 1 N–H and O–H groups in total. The van der Waals surface area contributed by atoms with E-state index in [1.54, 1.807) is 6.33 Å². The monoisotopic (exact) mass is 250 g/mol. The topological polar surface area (TPSA) is 42.7 Å². The van der Waals surface area contributed by atoms with Gasteiger partial charge in [0.25, 0.3) is 0 Å². The third-order valence-corrected chi connectivity index (χ3v) is 4.27. The summed E-state index contributed by atoms with van der Waals surface area (Å²) in [6, 6.07) is 0. The Labute approximate surface area is 110 Å². The van der Waals surface area contributed by atoms with Crippen LogP contribution < -0.4 is 5.32 Å². The molecular weight excluding hydrogens is 224 g/mol. The van der Waals surface area contributed by atoms with Crippen molar-refractivity contribution in [3.05, 3.63) is 12.2 Å². The standard InChI is InChI=1S/C14H26N4/c1-5-15-9-11-6-7-14(2,3)8-12(11)13-16-10-17-18(13)4/h10-12,15H,5-9H2,1-4H3. The fraction of sp³-hybridized carbons (Fsp3) is 0.857. The highest BCUT2D eigenvalue weighted by Crippen LogP contribution is 2.45. The van der Waals surface area contributed by atoms with Gasteiger partial charge in [0.2, 0.25) is 0 Å². The van der Waals surface area contributed by atoms with Gasteiger partial charge in [0.15, 0.2) is 0 Å². The van der Waals surface area contributed by atoms with Crippen molar-refractivity contribution in [3.8, 4) is 0 Å². The van der Waals surface area contributed by atoms with E-state index in [9.17, 15) is 0 Å². The zero-order valence-electron chi connectivity index (χ0n) is 12.1. The van der Waals surface area contributed by atoms with Crippen molar-refractivity contribution in [3.63, 3.8) is 0 Å². The molecule has 18 heavy (non-hydrogen) atoms. The van der Waals surface area contributed by atoms with Crippen molar-refractivity contribution >= 4 is 0 Å². The summed E-state index contributed by atoms with van der Waals surface area (Å²) in [6.45, 7) is 9.07. The number of nitrogens with one attached hydrogen (secondary N) is 1. The van der Waals surface area contributed by atoms with E-state index in [0.717, 1.165) is 18.9 Å². The van der Waals surface area contributed by atoms with E-state index in [0.29, 0.717) is 17.3 Å². The van der Waals surface area contributed by atoms with Crippen LogP contribution in [0.5, 0.6) is 0 Å². The number of hydrogen-bond acceptors (Lipinski definition) is 3. The Bertz CT molecular complexity index is 383. The summed E-state index contributed by atoms with van der Waals surface area (Å²) < 4.78 is 1.95. The van der Waals surface area contributed by atoms with Gasteiger partial charge in [0.05, 0.1) is 0 Å². The second kappa shape index (κ2) is 5.39. The number of nitrogens with zero attached hydrogens (tertiary/aromatic N) is 3. The molecule has 1 aliphatic rings. The van der Waals surface area contributed by atoms with Gasteiger partial charge in [-0.25, -0.2) is 4.98 Å². The van der Waals surface area contributed by atoms with Crippen LogP contribution in [-0.4, -0.2) is 27.9 Å². The first kappa shape index (κ1) is 13.5. The molecule has 1 fully saturated rings. The van der Waals surface area contributed by atoms with Crippen LogP contribution in [0.4, 0.5) is 0 Å². The molecule has 1 aromatic rings. The molecule has 2 rings (SSSR count). The molecule has 2 unspecified atom stereocenters. The average Bonchev–Trinajstić information content (AvgIpc) is 2.73. The summed E-state index contributed by atoms with van der Waals surface area (Å²) >= 11 is 0. The minimum atomic E-state index is 0.430. The first-order valence-electron chi connectivity index (χ1n) is 7.08. The number of hydrogen-bond donors (Lipinski definition) is 1. The van der Waals surface area contributed by atoms with Crippen molar-refractivity contribution in [2.24, 2.45) is 18.4 Å². The molecule has 1 saturated carbocycles. The second-order valence-electron chi connectivity index (χ2n) is 6.32. The summed E-state index contributed by atoms with van der Waals surface area (Å²) in [4.78, 5) is 4.49. The van der Waals surface area contributed by atoms with Crippen molar-refractivity contribution in [1.29, 1.82) is 0 Å². The summed E-state index contributed by atoms with van der Waals surface area (Å²) in [6.07, 6.45) is 5.51. The maximum absolute atomic E-state index is 4.49. The Morgan fingerprint density at radius 1 is 1.50 bits per heavy atom. The van der Waals surface area contributed by atoms with Crippen LogP contribution >= 0.6 is 0 Å². The molecule has 1 aromatic heterocycles. The Balaban J connectivity index is 2.17. The van der Waals surface area contributed by atoms with Crippen LogP contribution in [0.2, 0.25) is 0 Å². The molecule has 2 atom stereocenters. The van der Waals surface area contributed by atoms with Crippen molar-refractivity contribution in [2.75, 3.05) is 13.1 Å². The Morgan fingerprint density at radius 2 is 2.28 bits per heavy atom. The van der Waals surface area contributed by atoms with Crippen molar-refractivity contribution in [2.45, 2.75) is 46.0 Å². The minimum Gasteiger partial charge on any atom is -0.317 e. The lowest BCUT2D eigenvalue weighted by atomic mass is 9.67. The Kier molecular flexibility index (Phi) is 4.05. The highest BCUT2D eigenvalue weighted by Gasteiger charge is 2.37. The quantitative estimate of drug-likeness (QED) is 0.892. The molecule has 4 heteroatoms. The van der Waals surface area contributed by atoms with Gasteiger partial charge in [-0.05, 0) is 43.7 Å². The molecule has 0 spiro atoms. The number of aryl methyl sites for hydroxylation is 1. The van der Waals surface area contributed by atoms with E-state index in [2.05, 4.69) is 36.2 Å². The van der Waals surface area contributed by atoms with Crippen molar-refractivity contribution < 1.29 is 0 Å². The molecule has 0 aromatic carbocycles. The maximum atomic E-state index is 4.49. The van der Waals surface area contributed by atoms with Crippen molar-refractivity contribution in [1.82, 2.24) is 20.1 Å². The van der Waals surface area contributed by atoms with E-state index >= 15 is 0 Å². The molecule has 0 radical (unpaired) electrons. The average molecular weight is 250 g/mol. The zero-order chi connectivity index (χ0) is 13.2. The van der Waals surface area contributed by atoms with Gasteiger partial charge in [-0.2, -0.15) is 5.10 Å². The largest absolute Gasteiger partial charge is 0.317 e. The molecule has 0 aliphatic heterocycles. The Morgan fingerprint density at radius 3 is 2.89 bits per heavy atom. The molecule has 0 saturated heterocycles. The van der Waals surface area contributed by atoms with Crippen LogP contribution in [0.3, 0.4) is 0 Å². The lowest BCUT2D eigenvalue weighted by molar-refractivity contribution is 0.153. The summed E-state index contributed by atoms with van der Waals surface area (Å²) in [7, 11) is 2.01. The lowest BCUT2D eigenvalue weighted by Gasteiger charge is -2.40. The molecular formula is C14H26N4. The van der Waals surface area contributed by atoms with Gasteiger partial charge in [-0.3, -0.25) is 4.68 Å². The smallest absolute Gasteiger partial charge is 0.138 e. The Hall–Kier alpha value is -0.900. The molecule has 4 nitrogen and oxygen atoms in total. The third-order valence-electron chi connectivity index (χ3n) is 4.27. The molecule has 1 heterocycles. The maximum Gasteiger partial charge on any atom is 0.138 e. The summed E-state index contributed by atoms with van der Waals surface area (Å²) in [5.74, 6) is 2.40. The van der Waals surface area contributed by atoms with E-state index in [4.69, 9.17) is 0 Å².